The number of hydrogen-bond donors (Lipinski definition) is 1. The summed E-state index contributed by atoms with van der Waals surface area (Å²) in [6.07, 6.45) is -2.79. The molecule has 1 aromatic rings. The smallest absolute Gasteiger partial charge is 0.375 e. The molecule has 1 saturated heterocycles. The summed E-state index contributed by atoms with van der Waals surface area (Å²) in [6.45, 7) is 1.13. The van der Waals surface area contributed by atoms with E-state index in [1.807, 2.05) is 0 Å². The zero-order valence-corrected chi connectivity index (χ0v) is 9.64. The first-order valence-corrected chi connectivity index (χ1v) is 5.22. The minimum Gasteiger partial charge on any atom is -0.375 e. The lowest BCUT2D eigenvalue weighted by Gasteiger charge is -2.41. The lowest BCUT2D eigenvalue weighted by Crippen LogP contribution is -2.62. The minimum atomic E-state index is -4.41. The fraction of sp³-hybridized carbons (Fsp3) is 0.700. The Labute approximate surface area is 96.7 Å². The van der Waals surface area contributed by atoms with Gasteiger partial charge in [0.15, 0.2) is 5.69 Å². The maximum absolute atomic E-state index is 12.7. The Balaban J connectivity index is 2.26. The normalized spacial score (nSPS) is 19.1. The van der Waals surface area contributed by atoms with Crippen molar-refractivity contribution in [2.45, 2.75) is 18.2 Å². The van der Waals surface area contributed by atoms with Gasteiger partial charge in [-0.2, -0.15) is 18.3 Å². The standard InChI is InChI=1S/C10H14F3N3O/c1-16-4-7(8(15-16)10(11,12)13)3-9(17-2)5-14-6-9/h4,14H,3,5-6H2,1-2H3. The van der Waals surface area contributed by atoms with E-state index < -0.39 is 17.5 Å². The molecule has 0 spiro atoms. The molecule has 0 aliphatic carbocycles. The van der Waals surface area contributed by atoms with Crippen LogP contribution in [0.3, 0.4) is 0 Å². The van der Waals surface area contributed by atoms with Crippen molar-refractivity contribution in [2.24, 2.45) is 7.05 Å². The van der Waals surface area contributed by atoms with E-state index in [1.165, 1.54) is 25.0 Å². The number of ether oxygens (including phenoxy) is 1. The van der Waals surface area contributed by atoms with E-state index >= 15 is 0 Å². The number of nitrogens with zero attached hydrogens (tertiary/aromatic N) is 2. The van der Waals surface area contributed by atoms with Crippen LogP contribution in [0, 0.1) is 0 Å². The van der Waals surface area contributed by atoms with Crippen LogP contribution in [0.2, 0.25) is 0 Å². The average molecular weight is 249 g/mol. The van der Waals surface area contributed by atoms with Crippen LogP contribution in [0.4, 0.5) is 13.2 Å². The zero-order valence-electron chi connectivity index (χ0n) is 9.64. The Hall–Kier alpha value is -1.08. The molecule has 0 amide bonds. The van der Waals surface area contributed by atoms with Crippen LogP contribution in [0.15, 0.2) is 6.20 Å². The van der Waals surface area contributed by atoms with Gasteiger partial charge < -0.3 is 10.1 Å². The van der Waals surface area contributed by atoms with Gasteiger partial charge in [-0.1, -0.05) is 0 Å². The summed E-state index contributed by atoms with van der Waals surface area (Å²) in [5.74, 6) is 0. The first-order chi connectivity index (χ1) is 7.86. The number of methoxy groups -OCH3 is 1. The average Bonchev–Trinajstić information content (AvgIpc) is 2.52. The highest BCUT2D eigenvalue weighted by Gasteiger charge is 2.42. The second-order valence-corrected chi connectivity index (χ2v) is 4.34. The molecule has 4 nitrogen and oxygen atoms in total. The molecule has 0 aromatic carbocycles. The fourth-order valence-electron chi connectivity index (χ4n) is 2.00. The number of nitrogens with one attached hydrogen (secondary N) is 1. The number of halogens is 3. The molecular formula is C10H14F3N3O. The van der Waals surface area contributed by atoms with Crippen molar-refractivity contribution < 1.29 is 17.9 Å². The van der Waals surface area contributed by atoms with Gasteiger partial charge in [-0.25, -0.2) is 0 Å². The van der Waals surface area contributed by atoms with Gasteiger partial charge in [0.05, 0.1) is 5.60 Å². The molecule has 1 N–H and O–H groups in total. The van der Waals surface area contributed by atoms with Gasteiger partial charge in [0.1, 0.15) is 0 Å². The Morgan fingerprint density at radius 1 is 1.53 bits per heavy atom. The molecule has 1 aliphatic heterocycles. The van der Waals surface area contributed by atoms with Crippen molar-refractivity contribution in [3.05, 3.63) is 17.5 Å². The number of aryl methyl sites for hydroxylation is 1. The highest BCUT2D eigenvalue weighted by molar-refractivity contribution is 5.23. The van der Waals surface area contributed by atoms with E-state index in [1.54, 1.807) is 0 Å². The predicted octanol–water partition coefficient (Wildman–Crippen LogP) is 0.970. The van der Waals surface area contributed by atoms with Crippen molar-refractivity contribution in [3.8, 4) is 0 Å². The summed E-state index contributed by atoms with van der Waals surface area (Å²) in [7, 11) is 3.00. The molecule has 1 aliphatic rings. The third-order valence-corrected chi connectivity index (χ3v) is 3.01. The number of rotatable bonds is 3. The van der Waals surface area contributed by atoms with Crippen LogP contribution < -0.4 is 5.32 Å². The molecule has 1 fully saturated rings. The van der Waals surface area contributed by atoms with E-state index in [9.17, 15) is 13.2 Å². The van der Waals surface area contributed by atoms with Gasteiger partial charge in [-0.3, -0.25) is 4.68 Å². The summed E-state index contributed by atoms with van der Waals surface area (Å²) < 4.78 is 44.7. The van der Waals surface area contributed by atoms with E-state index in [0.717, 1.165) is 0 Å². The van der Waals surface area contributed by atoms with Crippen molar-refractivity contribution in [1.29, 1.82) is 0 Å². The molecule has 1 aromatic heterocycles. The maximum atomic E-state index is 12.7. The van der Waals surface area contributed by atoms with E-state index in [2.05, 4.69) is 10.4 Å². The lowest BCUT2D eigenvalue weighted by atomic mass is 9.89. The molecule has 7 heteroatoms. The fourth-order valence-corrected chi connectivity index (χ4v) is 2.00. The molecule has 17 heavy (non-hydrogen) atoms. The van der Waals surface area contributed by atoms with Crippen LogP contribution >= 0.6 is 0 Å². The number of aromatic nitrogens is 2. The molecule has 2 rings (SSSR count). The van der Waals surface area contributed by atoms with Crippen molar-refractivity contribution >= 4 is 0 Å². The van der Waals surface area contributed by atoms with Gasteiger partial charge >= 0.3 is 6.18 Å². The SMILES string of the molecule is COC1(Cc2cn(C)nc2C(F)(F)F)CNC1. The van der Waals surface area contributed by atoms with E-state index in [0.29, 0.717) is 13.1 Å². The Morgan fingerprint density at radius 3 is 2.59 bits per heavy atom. The number of hydrogen-bond acceptors (Lipinski definition) is 3. The molecule has 2 heterocycles. The Kier molecular flexibility index (Phi) is 2.90. The summed E-state index contributed by atoms with van der Waals surface area (Å²) in [4.78, 5) is 0. The zero-order chi connectivity index (χ0) is 12.7. The van der Waals surface area contributed by atoms with Crippen LogP contribution in [0.1, 0.15) is 11.3 Å². The summed E-state index contributed by atoms with van der Waals surface area (Å²) in [5, 5.41) is 6.48. The largest absolute Gasteiger partial charge is 0.435 e. The maximum Gasteiger partial charge on any atom is 0.435 e. The van der Waals surface area contributed by atoms with Crippen LogP contribution in [-0.4, -0.2) is 35.6 Å². The topological polar surface area (TPSA) is 39.1 Å². The quantitative estimate of drug-likeness (QED) is 0.867. The second-order valence-electron chi connectivity index (χ2n) is 4.34. The van der Waals surface area contributed by atoms with E-state index in [-0.39, 0.29) is 12.0 Å². The third kappa shape index (κ3) is 2.30. The first kappa shape index (κ1) is 12.4. The van der Waals surface area contributed by atoms with Gasteiger partial charge in [-0.05, 0) is 0 Å². The van der Waals surface area contributed by atoms with Crippen LogP contribution in [0.25, 0.3) is 0 Å². The van der Waals surface area contributed by atoms with Crippen LogP contribution in [-0.2, 0) is 24.4 Å². The van der Waals surface area contributed by atoms with Crippen LogP contribution in [0.5, 0.6) is 0 Å². The van der Waals surface area contributed by atoms with Gasteiger partial charge in [0.25, 0.3) is 0 Å². The van der Waals surface area contributed by atoms with Gasteiger partial charge in [-0.15, -0.1) is 0 Å². The highest BCUT2D eigenvalue weighted by atomic mass is 19.4. The summed E-state index contributed by atoms with van der Waals surface area (Å²) in [6, 6.07) is 0. The lowest BCUT2D eigenvalue weighted by molar-refractivity contribution is -0.142. The minimum absolute atomic E-state index is 0.184. The molecular weight excluding hydrogens is 235 g/mol. The monoisotopic (exact) mass is 249 g/mol. The predicted molar refractivity (Wildman–Crippen MR) is 54.5 cm³/mol. The number of alkyl halides is 3. The highest BCUT2D eigenvalue weighted by Crippen LogP contribution is 2.33. The molecule has 0 unspecified atom stereocenters. The van der Waals surface area contributed by atoms with E-state index in [4.69, 9.17) is 4.74 Å². The van der Waals surface area contributed by atoms with Crippen molar-refractivity contribution in [2.75, 3.05) is 20.2 Å². The first-order valence-electron chi connectivity index (χ1n) is 5.22. The molecule has 0 bridgehead atoms. The van der Waals surface area contributed by atoms with Crippen molar-refractivity contribution in [3.63, 3.8) is 0 Å². The molecule has 0 radical (unpaired) electrons. The van der Waals surface area contributed by atoms with Gasteiger partial charge in [0.2, 0.25) is 0 Å². The second kappa shape index (κ2) is 3.99. The summed E-state index contributed by atoms with van der Waals surface area (Å²) >= 11 is 0. The molecule has 96 valence electrons. The Morgan fingerprint density at radius 2 is 2.18 bits per heavy atom. The molecule has 0 saturated carbocycles. The third-order valence-electron chi connectivity index (χ3n) is 3.01. The van der Waals surface area contributed by atoms with Crippen molar-refractivity contribution in [1.82, 2.24) is 15.1 Å². The Bertz CT molecular complexity index is 404. The molecule has 0 atom stereocenters. The summed E-state index contributed by atoms with van der Waals surface area (Å²) in [5.41, 5.74) is -1.16. The van der Waals surface area contributed by atoms with Gasteiger partial charge in [0, 0.05) is 45.4 Å².